The van der Waals surface area contributed by atoms with Gasteiger partial charge in [-0.1, -0.05) is 19.1 Å². The largest absolute Gasteiger partial charge is 0.496 e. The highest BCUT2D eigenvalue weighted by Gasteiger charge is 2.40. The molecule has 4 heterocycles. The number of rotatable bonds is 23. The van der Waals surface area contributed by atoms with Crippen LogP contribution in [0, 0.1) is 12.3 Å². The molecule has 61 heavy (non-hydrogen) atoms. The molecular weight excluding hydrogens is 789 g/mol. The number of benzene rings is 1. The van der Waals surface area contributed by atoms with Crippen LogP contribution in [0.4, 0.5) is 14.6 Å². The van der Waals surface area contributed by atoms with Crippen molar-refractivity contribution in [2.75, 3.05) is 78.2 Å². The minimum absolute atomic E-state index is 0.0485. The summed E-state index contributed by atoms with van der Waals surface area (Å²) in [5.41, 5.74) is 15.6. The van der Waals surface area contributed by atoms with Gasteiger partial charge in [0.25, 0.3) is 0 Å². The van der Waals surface area contributed by atoms with E-state index in [4.69, 9.17) is 41.1 Å². The van der Waals surface area contributed by atoms with Crippen LogP contribution in [0.15, 0.2) is 51.8 Å². The number of carbonyl (C=O) groups excluding carboxylic acids is 1. The van der Waals surface area contributed by atoms with Gasteiger partial charge in [-0.3, -0.25) is 19.4 Å². The van der Waals surface area contributed by atoms with Crippen LogP contribution in [0.1, 0.15) is 73.8 Å². The average molecular weight is 852 g/mol. The lowest BCUT2D eigenvalue weighted by Gasteiger charge is -2.35. The summed E-state index contributed by atoms with van der Waals surface area (Å²) in [7, 11) is 3.74. The quantitative estimate of drug-likeness (QED) is 0.0443. The van der Waals surface area contributed by atoms with Crippen LogP contribution in [0.5, 0.6) is 5.75 Å². The molecule has 0 aliphatic carbocycles. The molecule has 0 spiro atoms. The van der Waals surface area contributed by atoms with E-state index < -0.39 is 24.1 Å². The summed E-state index contributed by atoms with van der Waals surface area (Å²) in [5.74, 6) is 1.69. The molecule has 1 fully saturated rings. The van der Waals surface area contributed by atoms with Crippen LogP contribution in [0.3, 0.4) is 0 Å². The minimum atomic E-state index is -2.88. The molecule has 334 valence electrons. The molecule has 1 aromatic carbocycles. The number of alkyl halides is 2. The fourth-order valence-electron chi connectivity index (χ4n) is 7.72. The number of allylic oxidation sites excluding steroid dienone is 2. The van der Waals surface area contributed by atoms with E-state index in [2.05, 4.69) is 27.0 Å². The Labute approximate surface area is 357 Å². The molecule has 0 saturated carbocycles. The maximum Gasteiger partial charge on any atom is 0.345 e. The number of nitrogens with zero attached hydrogens (tertiary/aromatic N) is 7. The molecule has 6 N–H and O–H groups in total. The summed E-state index contributed by atoms with van der Waals surface area (Å²) in [5, 5.41) is 17.3. The van der Waals surface area contributed by atoms with Gasteiger partial charge < -0.3 is 50.6 Å². The van der Waals surface area contributed by atoms with Crippen LogP contribution in [0.2, 0.25) is 0 Å². The summed E-state index contributed by atoms with van der Waals surface area (Å²) < 4.78 is 51.7. The molecule has 2 aliphatic heterocycles. The number of morpholine rings is 1. The van der Waals surface area contributed by atoms with Crippen LogP contribution in [-0.4, -0.2) is 135 Å². The van der Waals surface area contributed by atoms with Gasteiger partial charge in [-0.25, -0.2) is 4.99 Å². The third-order valence-corrected chi connectivity index (χ3v) is 10.8. The second kappa shape index (κ2) is 22.1. The van der Waals surface area contributed by atoms with Crippen LogP contribution < -0.4 is 26.4 Å². The number of anilines is 1. The van der Waals surface area contributed by atoms with Crippen molar-refractivity contribution in [3.8, 4) is 5.75 Å². The highest BCUT2D eigenvalue weighted by Crippen LogP contribution is 2.38. The molecule has 5 rings (SSSR count). The van der Waals surface area contributed by atoms with E-state index in [1.807, 2.05) is 73.4 Å². The zero-order valence-corrected chi connectivity index (χ0v) is 36.4. The Kier molecular flexibility index (Phi) is 17.0. The van der Waals surface area contributed by atoms with Gasteiger partial charge in [0.15, 0.2) is 5.84 Å². The van der Waals surface area contributed by atoms with E-state index in [0.29, 0.717) is 73.0 Å². The molecular formula is C43H63F2N11O5. The molecule has 2 aromatic heterocycles. The van der Waals surface area contributed by atoms with Gasteiger partial charge in [-0.05, 0) is 45.4 Å². The number of aryl methyl sites for hydroxylation is 2. The lowest BCUT2D eigenvalue weighted by Crippen LogP contribution is -2.50. The topological polar surface area (TPSA) is 196 Å². The maximum atomic E-state index is 12.6. The van der Waals surface area contributed by atoms with E-state index in [-0.39, 0.29) is 25.2 Å². The molecule has 1 unspecified atom stereocenters. The van der Waals surface area contributed by atoms with Crippen molar-refractivity contribution in [2.45, 2.75) is 84.7 Å². The highest BCUT2D eigenvalue weighted by atomic mass is 19.3. The van der Waals surface area contributed by atoms with Crippen molar-refractivity contribution in [1.29, 1.82) is 5.41 Å². The third-order valence-electron chi connectivity index (χ3n) is 10.8. The van der Waals surface area contributed by atoms with Gasteiger partial charge in [0.05, 0.1) is 49.9 Å². The lowest BCUT2D eigenvalue weighted by molar-refractivity contribution is -0.130. The van der Waals surface area contributed by atoms with Crippen molar-refractivity contribution in [2.24, 2.45) is 21.5 Å². The summed E-state index contributed by atoms with van der Waals surface area (Å²) in [6, 6.07) is 4.75. The van der Waals surface area contributed by atoms with Crippen LogP contribution >= 0.6 is 0 Å². The molecule has 1 saturated heterocycles. The second-order valence-electron chi connectivity index (χ2n) is 15.3. The Hall–Kier alpha value is -5.17. The monoisotopic (exact) mass is 851 g/mol. The number of ether oxygens (including phenoxy) is 4. The minimum Gasteiger partial charge on any atom is -0.496 e. The number of primary amides is 1. The number of hydrogen-bond donors (Lipinski definition) is 4. The predicted octanol–water partition coefficient (Wildman–Crippen LogP) is 4.85. The third kappa shape index (κ3) is 11.6. The normalized spacial score (nSPS) is 19.0. The molecule has 2 atom stereocenters. The highest BCUT2D eigenvalue weighted by molar-refractivity contribution is 6.09. The van der Waals surface area contributed by atoms with Crippen molar-refractivity contribution in [3.05, 3.63) is 64.3 Å². The fraction of sp³-hybridized carbons (Fsp3) is 0.558. The number of aromatic nitrogens is 3. The number of carbonyl (C=O) groups is 1. The Morgan fingerprint density at radius 2 is 1.92 bits per heavy atom. The van der Waals surface area contributed by atoms with Crippen LogP contribution in [-0.2, 0) is 27.3 Å². The first-order valence-corrected chi connectivity index (χ1v) is 21.0. The second-order valence-corrected chi connectivity index (χ2v) is 15.3. The van der Waals surface area contributed by atoms with E-state index in [1.54, 1.807) is 12.1 Å². The number of amides is 1. The molecule has 0 radical (unpaired) electrons. The van der Waals surface area contributed by atoms with Gasteiger partial charge in [0.1, 0.15) is 28.6 Å². The van der Waals surface area contributed by atoms with Crippen molar-refractivity contribution in [1.82, 2.24) is 24.6 Å². The standard InChI is InChI=1S/C43H63F2N11O5/c1-7-34(59-20-11-16-54-18-23-58-24-19-54)38(43(4)36(47)13-15-50-40(51-43)33-25-29(3)52-56(33)8-2)49-14-9-10-17-55-37-31(32(28-46)41(55)53(5)6)26-30(39(48)57)27-35(37)60-21-12-22-61-42(44)45/h9-10,15,25-28,36,42,46,49H,7-8,11-14,16-24,47H2,1-6H3,(H2,48,57)/b10-9+,38-34-,46-28?/t36-,43?/m1/s1. The summed E-state index contributed by atoms with van der Waals surface area (Å²) in [4.78, 5) is 26.8. The van der Waals surface area contributed by atoms with Crippen molar-refractivity contribution >= 4 is 40.9 Å². The number of aliphatic imine (C=N–C) groups is 2. The lowest BCUT2D eigenvalue weighted by atomic mass is 9.86. The average Bonchev–Trinajstić information content (AvgIpc) is 3.73. The van der Waals surface area contributed by atoms with Crippen LogP contribution in [0.25, 0.3) is 10.9 Å². The Bertz CT molecular complexity index is 2090. The number of nitrogens with two attached hydrogens (primary N) is 2. The fourth-order valence-corrected chi connectivity index (χ4v) is 7.72. The number of halogens is 2. The van der Waals surface area contributed by atoms with Crippen molar-refractivity contribution in [3.63, 3.8) is 0 Å². The van der Waals surface area contributed by atoms with Crippen molar-refractivity contribution < 1.29 is 32.5 Å². The SMILES string of the molecule is CC/C(OCCCN1CCOCC1)=C(/NC/C=C/Cn1c(N(C)C)c(C=N)c2cc(C(N)=O)cc(OCCCOC(F)F)c21)C1(C)N=C(c2cc(C)nn2CC)N=CC[C@H]1N. The zero-order chi connectivity index (χ0) is 44.1. The summed E-state index contributed by atoms with van der Waals surface area (Å²) in [6.45, 7) is 11.2. The predicted molar refractivity (Wildman–Crippen MR) is 236 cm³/mol. The first-order chi connectivity index (χ1) is 29.3. The Morgan fingerprint density at radius 1 is 1.15 bits per heavy atom. The molecule has 3 aromatic rings. The first kappa shape index (κ1) is 46.9. The summed E-state index contributed by atoms with van der Waals surface area (Å²) >= 11 is 0. The Morgan fingerprint density at radius 3 is 2.59 bits per heavy atom. The first-order valence-electron chi connectivity index (χ1n) is 21.0. The molecule has 2 aliphatic rings. The molecule has 16 nitrogen and oxygen atoms in total. The van der Waals surface area contributed by atoms with E-state index in [9.17, 15) is 13.6 Å². The number of hydrogen-bond acceptors (Lipinski definition) is 13. The van der Waals surface area contributed by atoms with Gasteiger partial charge >= 0.3 is 6.61 Å². The Balaban J connectivity index is 1.47. The zero-order valence-electron chi connectivity index (χ0n) is 36.4. The smallest absolute Gasteiger partial charge is 0.345 e. The number of fused-ring (bicyclic) bond motifs is 1. The van der Waals surface area contributed by atoms with E-state index in [1.165, 1.54) is 6.21 Å². The number of amidine groups is 1. The van der Waals surface area contributed by atoms with Gasteiger partial charge in [-0.2, -0.15) is 13.9 Å². The maximum absolute atomic E-state index is 12.6. The summed E-state index contributed by atoms with van der Waals surface area (Å²) in [6.07, 6.45) is 9.19. The molecule has 18 heteroatoms. The van der Waals surface area contributed by atoms with E-state index in [0.717, 1.165) is 62.1 Å². The van der Waals surface area contributed by atoms with Gasteiger partial charge in [-0.15, -0.1) is 0 Å². The van der Waals surface area contributed by atoms with Gasteiger partial charge in [0.2, 0.25) is 5.91 Å². The van der Waals surface area contributed by atoms with E-state index >= 15 is 0 Å². The number of nitrogens with one attached hydrogen (secondary N) is 2. The van der Waals surface area contributed by atoms with Gasteiger partial charge in [0, 0.05) is 108 Å². The molecule has 1 amide bonds. The molecule has 0 bridgehead atoms.